The molecular weight excluding hydrogens is 204 g/mol. The van der Waals surface area contributed by atoms with Gasteiger partial charge in [0.05, 0.1) is 13.3 Å². The summed E-state index contributed by atoms with van der Waals surface area (Å²) in [5.74, 6) is 1.66. The number of methoxy groups -OCH3 is 1. The standard InChI is InChI=1S/C12H14N2O2/c1-15-10-4-2-9(3-5-10)11-8-14-16-12(11)6-7-13/h2-5,8H,6-7,13H2,1H3. The van der Waals surface area contributed by atoms with Crippen LogP contribution in [-0.4, -0.2) is 18.8 Å². The highest BCUT2D eigenvalue weighted by atomic mass is 16.5. The van der Waals surface area contributed by atoms with Gasteiger partial charge in [-0.2, -0.15) is 0 Å². The van der Waals surface area contributed by atoms with Crippen molar-refractivity contribution in [2.75, 3.05) is 13.7 Å². The molecule has 1 aromatic heterocycles. The van der Waals surface area contributed by atoms with Crippen LogP contribution in [0.3, 0.4) is 0 Å². The molecule has 1 heterocycles. The number of hydrogen-bond acceptors (Lipinski definition) is 4. The van der Waals surface area contributed by atoms with Crippen molar-refractivity contribution >= 4 is 0 Å². The molecule has 2 N–H and O–H groups in total. The van der Waals surface area contributed by atoms with Gasteiger partial charge in [-0.1, -0.05) is 17.3 Å². The van der Waals surface area contributed by atoms with E-state index in [9.17, 15) is 0 Å². The van der Waals surface area contributed by atoms with Gasteiger partial charge in [0.15, 0.2) is 0 Å². The number of benzene rings is 1. The van der Waals surface area contributed by atoms with Gasteiger partial charge in [-0.15, -0.1) is 0 Å². The molecule has 0 amide bonds. The number of nitrogens with zero attached hydrogens (tertiary/aromatic N) is 1. The molecule has 0 spiro atoms. The Morgan fingerprint density at radius 2 is 2.06 bits per heavy atom. The molecule has 4 heteroatoms. The van der Waals surface area contributed by atoms with Crippen molar-refractivity contribution < 1.29 is 9.26 Å². The number of rotatable bonds is 4. The molecule has 0 aliphatic rings. The second-order valence-corrected chi connectivity index (χ2v) is 3.43. The number of ether oxygens (including phenoxy) is 1. The zero-order chi connectivity index (χ0) is 11.4. The molecule has 0 fully saturated rings. The van der Waals surface area contributed by atoms with Crippen LogP contribution in [0.2, 0.25) is 0 Å². The fourth-order valence-corrected chi connectivity index (χ4v) is 1.58. The van der Waals surface area contributed by atoms with E-state index in [1.54, 1.807) is 13.3 Å². The van der Waals surface area contributed by atoms with Gasteiger partial charge in [0.1, 0.15) is 11.5 Å². The molecule has 4 nitrogen and oxygen atoms in total. The summed E-state index contributed by atoms with van der Waals surface area (Å²) in [6, 6.07) is 7.78. The van der Waals surface area contributed by atoms with Crippen LogP contribution in [0.25, 0.3) is 11.1 Å². The molecule has 2 rings (SSSR count). The molecule has 0 atom stereocenters. The lowest BCUT2D eigenvalue weighted by atomic mass is 10.1. The number of aromatic nitrogens is 1. The Hall–Kier alpha value is -1.81. The summed E-state index contributed by atoms with van der Waals surface area (Å²) in [4.78, 5) is 0. The van der Waals surface area contributed by atoms with Crippen LogP contribution >= 0.6 is 0 Å². The minimum Gasteiger partial charge on any atom is -0.497 e. The summed E-state index contributed by atoms with van der Waals surface area (Å²) in [6.07, 6.45) is 2.41. The van der Waals surface area contributed by atoms with Crippen molar-refractivity contribution in [2.24, 2.45) is 5.73 Å². The molecule has 0 unspecified atom stereocenters. The lowest BCUT2D eigenvalue weighted by molar-refractivity contribution is 0.385. The van der Waals surface area contributed by atoms with E-state index < -0.39 is 0 Å². The average Bonchev–Trinajstić information content (AvgIpc) is 2.78. The van der Waals surface area contributed by atoms with E-state index in [1.807, 2.05) is 24.3 Å². The molecule has 0 bridgehead atoms. The van der Waals surface area contributed by atoms with Gasteiger partial charge in [-0.05, 0) is 24.2 Å². The lowest BCUT2D eigenvalue weighted by Crippen LogP contribution is -2.02. The zero-order valence-electron chi connectivity index (χ0n) is 9.14. The van der Waals surface area contributed by atoms with Crippen LogP contribution in [0, 0.1) is 0 Å². The van der Waals surface area contributed by atoms with Crippen LogP contribution in [0.15, 0.2) is 35.0 Å². The van der Waals surface area contributed by atoms with Gasteiger partial charge in [-0.25, -0.2) is 0 Å². The smallest absolute Gasteiger partial charge is 0.145 e. The Labute approximate surface area is 94.0 Å². The molecule has 2 aromatic rings. The summed E-state index contributed by atoms with van der Waals surface area (Å²) in [7, 11) is 1.65. The zero-order valence-corrected chi connectivity index (χ0v) is 9.14. The summed E-state index contributed by atoms with van der Waals surface area (Å²) in [6.45, 7) is 0.554. The molecule has 84 valence electrons. The van der Waals surface area contributed by atoms with Crippen molar-refractivity contribution in [3.05, 3.63) is 36.2 Å². The van der Waals surface area contributed by atoms with E-state index in [4.69, 9.17) is 15.0 Å². The Balaban J connectivity index is 2.31. The average molecular weight is 218 g/mol. The van der Waals surface area contributed by atoms with Gasteiger partial charge in [0, 0.05) is 12.0 Å². The summed E-state index contributed by atoms with van der Waals surface area (Å²) in [5, 5.41) is 3.80. The van der Waals surface area contributed by atoms with Crippen molar-refractivity contribution in [3.63, 3.8) is 0 Å². The van der Waals surface area contributed by atoms with Crippen molar-refractivity contribution in [2.45, 2.75) is 6.42 Å². The van der Waals surface area contributed by atoms with E-state index in [-0.39, 0.29) is 0 Å². The Bertz CT molecular complexity index is 448. The fourth-order valence-electron chi connectivity index (χ4n) is 1.58. The SMILES string of the molecule is COc1ccc(-c2cnoc2CCN)cc1. The maximum Gasteiger partial charge on any atom is 0.145 e. The Kier molecular flexibility index (Phi) is 3.22. The summed E-state index contributed by atoms with van der Waals surface area (Å²) in [5.41, 5.74) is 7.56. The first-order chi connectivity index (χ1) is 7.85. The van der Waals surface area contributed by atoms with Crippen LogP contribution in [0.4, 0.5) is 0 Å². The van der Waals surface area contributed by atoms with Crippen LogP contribution in [0.1, 0.15) is 5.76 Å². The predicted molar refractivity (Wildman–Crippen MR) is 61.2 cm³/mol. The monoisotopic (exact) mass is 218 g/mol. The largest absolute Gasteiger partial charge is 0.497 e. The maximum absolute atomic E-state index is 5.50. The highest BCUT2D eigenvalue weighted by molar-refractivity contribution is 5.65. The van der Waals surface area contributed by atoms with E-state index in [2.05, 4.69) is 5.16 Å². The molecule has 0 aliphatic heterocycles. The van der Waals surface area contributed by atoms with Crippen molar-refractivity contribution in [1.82, 2.24) is 5.16 Å². The lowest BCUT2D eigenvalue weighted by Gasteiger charge is -2.02. The van der Waals surface area contributed by atoms with E-state index in [0.29, 0.717) is 13.0 Å². The van der Waals surface area contributed by atoms with Gasteiger partial charge < -0.3 is 15.0 Å². The molecule has 0 radical (unpaired) electrons. The highest BCUT2D eigenvalue weighted by Crippen LogP contribution is 2.25. The fraction of sp³-hybridized carbons (Fsp3) is 0.250. The minimum absolute atomic E-state index is 0.554. The molecular formula is C12H14N2O2. The third kappa shape index (κ3) is 2.06. The van der Waals surface area contributed by atoms with Gasteiger partial charge >= 0.3 is 0 Å². The molecule has 0 saturated heterocycles. The topological polar surface area (TPSA) is 61.3 Å². The normalized spacial score (nSPS) is 10.4. The quantitative estimate of drug-likeness (QED) is 0.850. The van der Waals surface area contributed by atoms with Gasteiger partial charge in [0.2, 0.25) is 0 Å². The number of hydrogen-bond donors (Lipinski definition) is 1. The first-order valence-corrected chi connectivity index (χ1v) is 5.13. The van der Waals surface area contributed by atoms with Gasteiger partial charge in [0.25, 0.3) is 0 Å². The predicted octanol–water partition coefficient (Wildman–Crippen LogP) is 1.85. The van der Waals surface area contributed by atoms with Crippen LogP contribution in [-0.2, 0) is 6.42 Å². The summed E-state index contributed by atoms with van der Waals surface area (Å²) < 4.78 is 10.3. The van der Waals surface area contributed by atoms with E-state index >= 15 is 0 Å². The second-order valence-electron chi connectivity index (χ2n) is 3.43. The Morgan fingerprint density at radius 3 is 2.69 bits per heavy atom. The number of nitrogens with two attached hydrogens (primary N) is 1. The Morgan fingerprint density at radius 1 is 1.31 bits per heavy atom. The van der Waals surface area contributed by atoms with Crippen LogP contribution < -0.4 is 10.5 Å². The molecule has 0 saturated carbocycles. The second kappa shape index (κ2) is 4.81. The van der Waals surface area contributed by atoms with Crippen molar-refractivity contribution in [3.8, 4) is 16.9 Å². The molecule has 16 heavy (non-hydrogen) atoms. The highest BCUT2D eigenvalue weighted by Gasteiger charge is 2.09. The van der Waals surface area contributed by atoms with Gasteiger partial charge in [-0.3, -0.25) is 0 Å². The third-order valence-corrected chi connectivity index (χ3v) is 2.42. The van der Waals surface area contributed by atoms with Crippen LogP contribution in [0.5, 0.6) is 5.75 Å². The first kappa shape index (κ1) is 10.7. The molecule has 0 aliphatic carbocycles. The molecule has 1 aromatic carbocycles. The van der Waals surface area contributed by atoms with E-state index in [1.165, 1.54) is 0 Å². The van der Waals surface area contributed by atoms with E-state index in [0.717, 1.165) is 22.6 Å². The first-order valence-electron chi connectivity index (χ1n) is 5.13. The minimum atomic E-state index is 0.554. The van der Waals surface area contributed by atoms with Crippen molar-refractivity contribution in [1.29, 1.82) is 0 Å². The maximum atomic E-state index is 5.50. The third-order valence-electron chi connectivity index (χ3n) is 2.42. The summed E-state index contributed by atoms with van der Waals surface area (Å²) >= 11 is 0.